The number of primary sulfonamides is 1. The van der Waals surface area contributed by atoms with Crippen LogP contribution in [0.25, 0.3) is 0 Å². The van der Waals surface area contributed by atoms with Gasteiger partial charge in [-0.15, -0.1) is 0 Å². The number of ether oxygens (including phenoxy) is 1. The van der Waals surface area contributed by atoms with E-state index in [1.807, 2.05) is 0 Å². The van der Waals surface area contributed by atoms with Gasteiger partial charge in [0.1, 0.15) is 0 Å². The van der Waals surface area contributed by atoms with Crippen LogP contribution in [-0.2, 0) is 19.6 Å². The maximum atomic E-state index is 11.0. The lowest BCUT2D eigenvalue weighted by Crippen LogP contribution is -2.38. The molecule has 1 atom stereocenters. The summed E-state index contributed by atoms with van der Waals surface area (Å²) in [5, 5.41) is 3.72. The van der Waals surface area contributed by atoms with Crippen molar-refractivity contribution in [2.24, 2.45) is 11.1 Å². The molecule has 12 heavy (non-hydrogen) atoms. The van der Waals surface area contributed by atoms with Gasteiger partial charge in [0.2, 0.25) is 10.0 Å². The molecule has 0 aromatic rings. The first-order valence-corrected chi connectivity index (χ1v) is 5.17. The number of carbonyl (C=O) groups excluding carboxylic acids is 1. The molecule has 0 heterocycles. The SMILES string of the molecule is COC(=O)C(C1CC1)S(N)(=O)=O. The van der Waals surface area contributed by atoms with Crippen LogP contribution in [0.15, 0.2) is 0 Å². The third-order valence-electron chi connectivity index (χ3n) is 1.84. The fourth-order valence-corrected chi connectivity index (χ4v) is 2.28. The number of methoxy groups -OCH3 is 1. The molecule has 1 aliphatic carbocycles. The van der Waals surface area contributed by atoms with Crippen LogP contribution < -0.4 is 5.14 Å². The zero-order valence-corrected chi connectivity index (χ0v) is 7.50. The minimum Gasteiger partial charge on any atom is -0.468 e. The highest BCUT2D eigenvalue weighted by Gasteiger charge is 2.44. The Kier molecular flexibility index (Phi) is 2.39. The van der Waals surface area contributed by atoms with Gasteiger partial charge in [-0.3, -0.25) is 4.79 Å². The van der Waals surface area contributed by atoms with Crippen molar-refractivity contribution in [3.63, 3.8) is 0 Å². The van der Waals surface area contributed by atoms with Gasteiger partial charge in [0.15, 0.2) is 5.25 Å². The standard InChI is InChI=1S/C6H11NO4S/c1-11-6(8)5(4-2-3-4)12(7,9)10/h4-5H,2-3H2,1H3,(H2,7,9,10). The molecule has 0 radical (unpaired) electrons. The van der Waals surface area contributed by atoms with Gasteiger partial charge in [0.25, 0.3) is 0 Å². The van der Waals surface area contributed by atoms with E-state index in [4.69, 9.17) is 5.14 Å². The molecule has 1 rings (SSSR count). The summed E-state index contributed by atoms with van der Waals surface area (Å²) in [5.41, 5.74) is 0. The van der Waals surface area contributed by atoms with Gasteiger partial charge in [-0.05, 0) is 18.8 Å². The van der Waals surface area contributed by atoms with Crippen molar-refractivity contribution in [1.82, 2.24) is 0 Å². The lowest BCUT2D eigenvalue weighted by Gasteiger charge is -2.09. The Balaban J connectivity index is 2.81. The molecular formula is C6H11NO4S. The van der Waals surface area contributed by atoms with Crippen molar-refractivity contribution in [2.75, 3.05) is 7.11 Å². The van der Waals surface area contributed by atoms with Gasteiger partial charge in [0, 0.05) is 0 Å². The smallest absolute Gasteiger partial charge is 0.325 e. The van der Waals surface area contributed by atoms with E-state index in [9.17, 15) is 13.2 Å². The third kappa shape index (κ3) is 1.95. The van der Waals surface area contributed by atoms with Crippen molar-refractivity contribution in [1.29, 1.82) is 0 Å². The summed E-state index contributed by atoms with van der Waals surface area (Å²) >= 11 is 0. The first-order chi connectivity index (χ1) is 5.46. The molecular weight excluding hydrogens is 182 g/mol. The average molecular weight is 193 g/mol. The number of carbonyl (C=O) groups is 1. The van der Waals surface area contributed by atoms with E-state index >= 15 is 0 Å². The average Bonchev–Trinajstić information content (AvgIpc) is 2.68. The fourth-order valence-electron chi connectivity index (χ4n) is 1.11. The Morgan fingerprint density at radius 2 is 2.08 bits per heavy atom. The molecule has 1 aliphatic rings. The van der Waals surface area contributed by atoms with E-state index < -0.39 is 21.2 Å². The Hall–Kier alpha value is -0.620. The van der Waals surface area contributed by atoms with Crippen LogP contribution in [0.3, 0.4) is 0 Å². The van der Waals surface area contributed by atoms with Gasteiger partial charge in [-0.2, -0.15) is 0 Å². The van der Waals surface area contributed by atoms with E-state index in [1.165, 1.54) is 0 Å². The highest BCUT2D eigenvalue weighted by atomic mass is 32.2. The van der Waals surface area contributed by atoms with E-state index in [1.54, 1.807) is 0 Å². The molecule has 0 aromatic heterocycles. The van der Waals surface area contributed by atoms with Crippen LogP contribution in [-0.4, -0.2) is 26.7 Å². The fraction of sp³-hybridized carbons (Fsp3) is 0.833. The Labute approximate surface area is 70.9 Å². The minimum absolute atomic E-state index is 0.132. The number of hydrogen-bond acceptors (Lipinski definition) is 4. The van der Waals surface area contributed by atoms with E-state index in [0.717, 1.165) is 20.0 Å². The molecule has 2 N–H and O–H groups in total. The Bertz CT molecular complexity index is 280. The molecule has 70 valence electrons. The van der Waals surface area contributed by atoms with Crippen molar-refractivity contribution < 1.29 is 17.9 Å². The van der Waals surface area contributed by atoms with Crippen LogP contribution >= 0.6 is 0 Å². The monoisotopic (exact) mass is 193 g/mol. The Morgan fingerprint density at radius 3 is 2.33 bits per heavy atom. The first-order valence-electron chi connectivity index (χ1n) is 3.56. The number of rotatable bonds is 3. The normalized spacial score (nSPS) is 20.2. The van der Waals surface area contributed by atoms with E-state index in [-0.39, 0.29) is 5.92 Å². The molecule has 0 spiro atoms. The van der Waals surface area contributed by atoms with Crippen LogP contribution in [0.5, 0.6) is 0 Å². The summed E-state index contributed by atoms with van der Waals surface area (Å²) in [6.45, 7) is 0. The van der Waals surface area contributed by atoms with Crippen LogP contribution in [0.4, 0.5) is 0 Å². The maximum Gasteiger partial charge on any atom is 0.325 e. The largest absolute Gasteiger partial charge is 0.468 e. The number of esters is 1. The topological polar surface area (TPSA) is 86.5 Å². The molecule has 5 nitrogen and oxygen atoms in total. The number of sulfonamides is 1. The predicted octanol–water partition coefficient (Wildman–Crippen LogP) is -0.774. The molecule has 0 amide bonds. The second-order valence-corrected chi connectivity index (χ2v) is 4.56. The summed E-state index contributed by atoms with van der Waals surface area (Å²) in [6.07, 6.45) is 1.46. The van der Waals surface area contributed by atoms with E-state index in [0.29, 0.717) is 0 Å². The van der Waals surface area contributed by atoms with E-state index in [2.05, 4.69) is 4.74 Å². The zero-order valence-electron chi connectivity index (χ0n) is 6.69. The number of nitrogens with two attached hydrogens (primary N) is 1. The molecule has 1 saturated carbocycles. The minimum atomic E-state index is -3.79. The second kappa shape index (κ2) is 3.02. The molecule has 0 aromatic carbocycles. The van der Waals surface area contributed by atoms with Crippen LogP contribution in [0.2, 0.25) is 0 Å². The van der Waals surface area contributed by atoms with Gasteiger partial charge >= 0.3 is 5.97 Å². The van der Waals surface area contributed by atoms with Gasteiger partial charge in [0.05, 0.1) is 7.11 Å². The molecule has 0 bridgehead atoms. The third-order valence-corrected chi connectivity index (χ3v) is 3.12. The molecule has 1 unspecified atom stereocenters. The van der Waals surface area contributed by atoms with Gasteiger partial charge in [-0.1, -0.05) is 0 Å². The highest BCUT2D eigenvalue weighted by Crippen LogP contribution is 2.35. The second-order valence-electron chi connectivity index (χ2n) is 2.87. The van der Waals surface area contributed by atoms with Crippen molar-refractivity contribution in [3.8, 4) is 0 Å². The van der Waals surface area contributed by atoms with Gasteiger partial charge < -0.3 is 4.74 Å². The lowest BCUT2D eigenvalue weighted by atomic mass is 10.3. The summed E-state index contributed by atoms with van der Waals surface area (Å²) < 4.78 is 26.1. The summed E-state index contributed by atoms with van der Waals surface area (Å²) in [5.74, 6) is -0.882. The molecule has 1 fully saturated rings. The lowest BCUT2D eigenvalue weighted by molar-refractivity contribution is -0.140. The van der Waals surface area contributed by atoms with Gasteiger partial charge in [-0.25, -0.2) is 13.6 Å². The number of hydrogen-bond donors (Lipinski definition) is 1. The zero-order chi connectivity index (χ0) is 9.35. The van der Waals surface area contributed by atoms with Crippen molar-refractivity contribution in [2.45, 2.75) is 18.1 Å². The molecule has 6 heteroatoms. The molecule has 0 saturated heterocycles. The summed E-state index contributed by atoms with van der Waals surface area (Å²) in [7, 11) is -2.63. The van der Waals surface area contributed by atoms with Crippen molar-refractivity contribution >= 4 is 16.0 Å². The van der Waals surface area contributed by atoms with Crippen LogP contribution in [0.1, 0.15) is 12.8 Å². The maximum absolute atomic E-state index is 11.0. The Morgan fingerprint density at radius 1 is 1.58 bits per heavy atom. The van der Waals surface area contributed by atoms with Crippen molar-refractivity contribution in [3.05, 3.63) is 0 Å². The predicted molar refractivity (Wildman–Crippen MR) is 41.6 cm³/mol. The highest BCUT2D eigenvalue weighted by molar-refractivity contribution is 7.90. The molecule has 0 aliphatic heterocycles. The van der Waals surface area contributed by atoms with Crippen LogP contribution in [0, 0.1) is 5.92 Å². The quantitative estimate of drug-likeness (QED) is 0.596. The first kappa shape index (κ1) is 9.47. The summed E-state index contributed by atoms with van der Waals surface area (Å²) in [6, 6.07) is 0. The summed E-state index contributed by atoms with van der Waals surface area (Å²) in [4.78, 5) is 11.0.